The van der Waals surface area contributed by atoms with Gasteiger partial charge in [-0.1, -0.05) is 42.5 Å². The van der Waals surface area contributed by atoms with Crippen LogP contribution in [0.5, 0.6) is 0 Å². The van der Waals surface area contributed by atoms with Crippen molar-refractivity contribution in [3.63, 3.8) is 0 Å². The summed E-state index contributed by atoms with van der Waals surface area (Å²) in [7, 11) is 0. The number of hydrogen-bond donors (Lipinski definition) is 0. The lowest BCUT2D eigenvalue weighted by molar-refractivity contribution is 0.107. The number of hydrogen-bond acceptors (Lipinski definition) is 0. The second-order valence-corrected chi connectivity index (χ2v) is 7.02. The maximum absolute atomic E-state index is 2.54. The summed E-state index contributed by atoms with van der Waals surface area (Å²) in [5.41, 5.74) is 2.17. The molecule has 0 heteroatoms. The van der Waals surface area contributed by atoms with Crippen LogP contribution in [0.4, 0.5) is 0 Å². The summed E-state index contributed by atoms with van der Waals surface area (Å²) < 4.78 is 0. The van der Waals surface area contributed by atoms with Crippen LogP contribution >= 0.6 is 0 Å². The molecule has 100 valence electrons. The molecule has 0 saturated heterocycles. The molecule has 0 aliphatic heterocycles. The van der Waals surface area contributed by atoms with Crippen LogP contribution in [0.15, 0.2) is 48.1 Å². The Labute approximate surface area is 117 Å². The Bertz CT molecular complexity index is 476. The van der Waals surface area contributed by atoms with Gasteiger partial charge >= 0.3 is 0 Å². The van der Waals surface area contributed by atoms with Crippen molar-refractivity contribution in [3.8, 4) is 0 Å². The van der Waals surface area contributed by atoms with Gasteiger partial charge in [0.05, 0.1) is 0 Å². The Morgan fingerprint density at radius 2 is 2.16 bits per heavy atom. The van der Waals surface area contributed by atoms with Gasteiger partial charge < -0.3 is 0 Å². The molecule has 4 aliphatic carbocycles. The van der Waals surface area contributed by atoms with Crippen LogP contribution in [0.2, 0.25) is 0 Å². The SMILES string of the molecule is C1=CCC2(C=C1)CCC1C=CC3=CCCCC3C1C2. The largest absolute Gasteiger partial charge is 0.0837 e. The van der Waals surface area contributed by atoms with E-state index in [0.29, 0.717) is 5.41 Å². The number of rotatable bonds is 0. The summed E-state index contributed by atoms with van der Waals surface area (Å²) in [5, 5.41) is 0. The van der Waals surface area contributed by atoms with Crippen LogP contribution in [0, 0.1) is 23.2 Å². The van der Waals surface area contributed by atoms with Crippen molar-refractivity contribution in [1.29, 1.82) is 0 Å². The molecule has 1 spiro atoms. The molecule has 19 heavy (non-hydrogen) atoms. The highest BCUT2D eigenvalue weighted by Gasteiger charge is 2.43. The molecule has 0 bridgehead atoms. The summed E-state index contributed by atoms with van der Waals surface area (Å²) in [6, 6.07) is 0. The highest BCUT2D eigenvalue weighted by atomic mass is 14.5. The van der Waals surface area contributed by atoms with E-state index in [-0.39, 0.29) is 0 Å². The fraction of sp³-hybridized carbons (Fsp3) is 0.579. The zero-order valence-electron chi connectivity index (χ0n) is 11.7. The molecule has 0 aromatic heterocycles. The highest BCUT2D eigenvalue weighted by molar-refractivity contribution is 5.31. The first-order valence-corrected chi connectivity index (χ1v) is 8.09. The average molecular weight is 252 g/mol. The molecule has 0 radical (unpaired) electrons. The molecule has 1 saturated carbocycles. The minimum Gasteiger partial charge on any atom is -0.0837 e. The average Bonchev–Trinajstić information content (AvgIpc) is 2.48. The van der Waals surface area contributed by atoms with Crippen LogP contribution < -0.4 is 0 Å². The van der Waals surface area contributed by atoms with Gasteiger partial charge in [-0.25, -0.2) is 0 Å². The molecule has 0 aromatic carbocycles. The quantitative estimate of drug-likeness (QED) is 0.555. The van der Waals surface area contributed by atoms with E-state index >= 15 is 0 Å². The van der Waals surface area contributed by atoms with Gasteiger partial charge in [0.2, 0.25) is 0 Å². The second-order valence-electron chi connectivity index (χ2n) is 7.02. The molecular formula is C19H24. The molecule has 4 aliphatic rings. The number of allylic oxidation sites excluding steroid dienone is 8. The van der Waals surface area contributed by atoms with Crippen molar-refractivity contribution in [2.45, 2.75) is 44.9 Å². The fourth-order valence-corrected chi connectivity index (χ4v) is 4.93. The zero-order valence-corrected chi connectivity index (χ0v) is 11.7. The third-order valence-corrected chi connectivity index (χ3v) is 5.97. The van der Waals surface area contributed by atoms with Crippen LogP contribution in [0.1, 0.15) is 44.9 Å². The smallest absolute Gasteiger partial charge is 0.00773 e. The molecule has 4 rings (SSSR count). The summed E-state index contributed by atoms with van der Waals surface area (Å²) in [6.07, 6.45) is 26.6. The molecule has 4 unspecified atom stereocenters. The first-order valence-electron chi connectivity index (χ1n) is 8.09. The van der Waals surface area contributed by atoms with Gasteiger partial charge in [0.25, 0.3) is 0 Å². The van der Waals surface area contributed by atoms with E-state index in [9.17, 15) is 0 Å². The minimum absolute atomic E-state index is 0.504. The van der Waals surface area contributed by atoms with Crippen LogP contribution in [0.3, 0.4) is 0 Å². The van der Waals surface area contributed by atoms with E-state index < -0.39 is 0 Å². The van der Waals surface area contributed by atoms with Gasteiger partial charge in [0, 0.05) is 0 Å². The second kappa shape index (κ2) is 4.51. The first kappa shape index (κ1) is 11.8. The predicted octanol–water partition coefficient (Wildman–Crippen LogP) is 5.20. The lowest BCUT2D eigenvalue weighted by Gasteiger charge is -2.48. The molecule has 1 fully saturated rings. The van der Waals surface area contributed by atoms with E-state index in [2.05, 4.69) is 42.5 Å². The van der Waals surface area contributed by atoms with Crippen LogP contribution in [-0.4, -0.2) is 0 Å². The zero-order chi connectivity index (χ0) is 12.7. The Morgan fingerprint density at radius 3 is 3.05 bits per heavy atom. The van der Waals surface area contributed by atoms with Crippen molar-refractivity contribution in [2.24, 2.45) is 23.2 Å². The first-order chi connectivity index (χ1) is 9.36. The summed E-state index contributed by atoms with van der Waals surface area (Å²) in [5.74, 6) is 2.66. The maximum atomic E-state index is 2.54. The maximum Gasteiger partial charge on any atom is -0.00773 e. The Morgan fingerprint density at radius 1 is 1.16 bits per heavy atom. The molecule has 4 atom stereocenters. The van der Waals surface area contributed by atoms with Crippen molar-refractivity contribution < 1.29 is 0 Å². The lowest BCUT2D eigenvalue weighted by Crippen LogP contribution is -2.38. The standard InChI is InChI=1S/C19H24/c1-4-11-19(12-5-1)13-10-16-9-8-15-6-2-3-7-17(15)18(16)14-19/h1,4-6,8-9,11,16-18H,2-3,7,10,12-14H2. The van der Waals surface area contributed by atoms with Crippen molar-refractivity contribution >= 4 is 0 Å². The van der Waals surface area contributed by atoms with E-state index in [1.165, 1.54) is 44.9 Å². The topological polar surface area (TPSA) is 0 Å². The summed E-state index contributed by atoms with van der Waals surface area (Å²) in [6.45, 7) is 0. The van der Waals surface area contributed by atoms with Crippen LogP contribution in [0.25, 0.3) is 0 Å². The van der Waals surface area contributed by atoms with Gasteiger partial charge in [-0.15, -0.1) is 0 Å². The minimum atomic E-state index is 0.504. The van der Waals surface area contributed by atoms with E-state index in [1.54, 1.807) is 5.57 Å². The predicted molar refractivity (Wildman–Crippen MR) is 80.7 cm³/mol. The lowest BCUT2D eigenvalue weighted by atomic mass is 9.56. The third-order valence-electron chi connectivity index (χ3n) is 5.97. The monoisotopic (exact) mass is 252 g/mol. The van der Waals surface area contributed by atoms with Crippen LogP contribution in [-0.2, 0) is 0 Å². The van der Waals surface area contributed by atoms with Gasteiger partial charge in [-0.2, -0.15) is 0 Å². The van der Waals surface area contributed by atoms with Gasteiger partial charge in [0.1, 0.15) is 0 Å². The van der Waals surface area contributed by atoms with Crippen molar-refractivity contribution in [3.05, 3.63) is 48.1 Å². The van der Waals surface area contributed by atoms with Gasteiger partial charge in [0.15, 0.2) is 0 Å². The van der Waals surface area contributed by atoms with E-state index in [0.717, 1.165) is 17.8 Å². The van der Waals surface area contributed by atoms with Gasteiger partial charge in [-0.3, -0.25) is 0 Å². The summed E-state index contributed by atoms with van der Waals surface area (Å²) in [4.78, 5) is 0. The molecule has 0 nitrogen and oxygen atoms in total. The normalized spacial score (nSPS) is 43.8. The van der Waals surface area contributed by atoms with E-state index in [4.69, 9.17) is 0 Å². The van der Waals surface area contributed by atoms with E-state index in [1.807, 2.05) is 0 Å². The third kappa shape index (κ3) is 1.96. The Kier molecular flexibility index (Phi) is 2.79. The molecule has 0 amide bonds. The molecule has 0 N–H and O–H groups in total. The molecular weight excluding hydrogens is 228 g/mol. The van der Waals surface area contributed by atoms with Crippen molar-refractivity contribution in [1.82, 2.24) is 0 Å². The Balaban J connectivity index is 1.63. The van der Waals surface area contributed by atoms with Gasteiger partial charge in [-0.05, 0) is 73.7 Å². The highest BCUT2D eigenvalue weighted by Crippen LogP contribution is 2.54. The molecule has 0 heterocycles. The Hall–Kier alpha value is -1.04. The number of fused-ring (bicyclic) bond motifs is 3. The molecule has 0 aromatic rings. The fourth-order valence-electron chi connectivity index (χ4n) is 4.93. The van der Waals surface area contributed by atoms with Crippen molar-refractivity contribution in [2.75, 3.05) is 0 Å². The summed E-state index contributed by atoms with van der Waals surface area (Å²) >= 11 is 0.